The van der Waals surface area contributed by atoms with Crippen LogP contribution < -0.4 is 10.5 Å². The maximum atomic E-state index is 12.2. The van der Waals surface area contributed by atoms with Crippen molar-refractivity contribution in [3.8, 4) is 0 Å². The molecule has 0 radical (unpaired) electrons. The van der Waals surface area contributed by atoms with Gasteiger partial charge in [-0.3, -0.25) is 0 Å². The Bertz CT molecular complexity index is 532. The molecule has 5 nitrogen and oxygen atoms in total. The summed E-state index contributed by atoms with van der Waals surface area (Å²) in [5.74, 6) is 0.127. The van der Waals surface area contributed by atoms with Crippen molar-refractivity contribution < 1.29 is 13.2 Å². The molecule has 1 aromatic rings. The molecule has 0 aromatic heterocycles. The average molecular weight is 351 g/mol. The van der Waals surface area contributed by atoms with Crippen molar-refractivity contribution >= 4 is 31.6 Å². The van der Waals surface area contributed by atoms with Gasteiger partial charge in [-0.2, -0.15) is 0 Å². The first-order chi connectivity index (χ1) is 8.77. The van der Waals surface area contributed by atoms with E-state index in [1.807, 2.05) is 13.8 Å². The number of methoxy groups -OCH3 is 1. The van der Waals surface area contributed by atoms with E-state index >= 15 is 0 Å². The number of anilines is 1. The third kappa shape index (κ3) is 4.45. The van der Waals surface area contributed by atoms with Gasteiger partial charge in [0.25, 0.3) is 0 Å². The van der Waals surface area contributed by atoms with Gasteiger partial charge in [0.15, 0.2) is 0 Å². The molecule has 0 saturated carbocycles. The molecule has 1 aromatic carbocycles. The van der Waals surface area contributed by atoms with Crippen LogP contribution in [0.15, 0.2) is 27.6 Å². The summed E-state index contributed by atoms with van der Waals surface area (Å²) in [4.78, 5) is 0.148. The van der Waals surface area contributed by atoms with E-state index < -0.39 is 10.0 Å². The highest BCUT2D eigenvalue weighted by molar-refractivity contribution is 9.10. The lowest BCUT2D eigenvalue weighted by Crippen LogP contribution is -2.41. The van der Waals surface area contributed by atoms with Crippen LogP contribution in [0, 0.1) is 5.92 Å². The lowest BCUT2D eigenvalue weighted by Gasteiger charge is -2.21. The number of benzene rings is 1. The van der Waals surface area contributed by atoms with E-state index in [4.69, 9.17) is 10.5 Å². The lowest BCUT2D eigenvalue weighted by atomic mass is 10.1. The Morgan fingerprint density at radius 3 is 2.53 bits per heavy atom. The smallest absolute Gasteiger partial charge is 0.240 e. The van der Waals surface area contributed by atoms with Crippen LogP contribution in [0.3, 0.4) is 0 Å². The average Bonchev–Trinajstić information content (AvgIpc) is 2.31. The fraction of sp³-hybridized carbons (Fsp3) is 0.500. The van der Waals surface area contributed by atoms with Crippen LogP contribution in [0.25, 0.3) is 0 Å². The summed E-state index contributed by atoms with van der Waals surface area (Å²) in [5, 5.41) is 0. The van der Waals surface area contributed by atoms with Crippen LogP contribution >= 0.6 is 15.9 Å². The van der Waals surface area contributed by atoms with Gasteiger partial charge in [-0.1, -0.05) is 13.8 Å². The highest BCUT2D eigenvalue weighted by Crippen LogP contribution is 2.23. The molecule has 108 valence electrons. The molecular formula is C12H19BrN2O3S. The summed E-state index contributed by atoms with van der Waals surface area (Å²) < 4.78 is 32.8. The van der Waals surface area contributed by atoms with Gasteiger partial charge in [-0.25, -0.2) is 13.1 Å². The van der Waals surface area contributed by atoms with Gasteiger partial charge in [0.2, 0.25) is 10.0 Å². The van der Waals surface area contributed by atoms with Crippen LogP contribution in [-0.2, 0) is 14.8 Å². The SMILES string of the molecule is COCC(NS(=O)(=O)c1ccc(Br)c(N)c1)C(C)C. The maximum Gasteiger partial charge on any atom is 0.240 e. The Morgan fingerprint density at radius 2 is 2.05 bits per heavy atom. The Morgan fingerprint density at radius 1 is 1.42 bits per heavy atom. The van der Waals surface area contributed by atoms with Crippen molar-refractivity contribution in [1.29, 1.82) is 0 Å². The van der Waals surface area contributed by atoms with Crippen molar-refractivity contribution in [3.63, 3.8) is 0 Å². The van der Waals surface area contributed by atoms with E-state index in [9.17, 15) is 8.42 Å². The summed E-state index contributed by atoms with van der Waals surface area (Å²) in [5.41, 5.74) is 6.09. The van der Waals surface area contributed by atoms with Crippen LogP contribution in [0.5, 0.6) is 0 Å². The number of hydrogen-bond acceptors (Lipinski definition) is 4. The van der Waals surface area contributed by atoms with Gasteiger partial charge < -0.3 is 10.5 Å². The van der Waals surface area contributed by atoms with Gasteiger partial charge >= 0.3 is 0 Å². The first kappa shape index (κ1) is 16.4. The number of nitrogens with one attached hydrogen (secondary N) is 1. The number of sulfonamides is 1. The highest BCUT2D eigenvalue weighted by Gasteiger charge is 2.22. The van der Waals surface area contributed by atoms with Crippen molar-refractivity contribution in [3.05, 3.63) is 22.7 Å². The summed E-state index contributed by atoms with van der Waals surface area (Å²) >= 11 is 3.23. The first-order valence-electron chi connectivity index (χ1n) is 5.84. The molecule has 0 amide bonds. The molecule has 0 aliphatic heterocycles. The van der Waals surface area contributed by atoms with Crippen molar-refractivity contribution in [2.45, 2.75) is 24.8 Å². The van der Waals surface area contributed by atoms with Gasteiger partial charge in [0.05, 0.1) is 11.5 Å². The molecule has 1 unspecified atom stereocenters. The van der Waals surface area contributed by atoms with E-state index in [0.717, 1.165) is 0 Å². The topological polar surface area (TPSA) is 81.4 Å². The number of halogens is 1. The second-order valence-electron chi connectivity index (χ2n) is 4.61. The molecule has 0 heterocycles. The maximum absolute atomic E-state index is 12.2. The molecule has 0 aliphatic carbocycles. The molecule has 19 heavy (non-hydrogen) atoms. The lowest BCUT2D eigenvalue weighted by molar-refractivity contribution is 0.157. The molecule has 0 spiro atoms. The summed E-state index contributed by atoms with van der Waals surface area (Å²) in [6.45, 7) is 4.19. The molecule has 0 aliphatic rings. The largest absolute Gasteiger partial charge is 0.398 e. The first-order valence-corrected chi connectivity index (χ1v) is 8.12. The molecule has 1 atom stereocenters. The van der Waals surface area contributed by atoms with Gasteiger partial charge in [0.1, 0.15) is 0 Å². The Balaban J connectivity index is 2.99. The molecule has 0 fully saturated rings. The Hall–Kier alpha value is -0.630. The zero-order valence-corrected chi connectivity index (χ0v) is 13.6. The standard InChI is InChI=1S/C12H19BrN2O3S/c1-8(2)12(7-18-3)15-19(16,17)9-4-5-10(13)11(14)6-9/h4-6,8,12,15H,7,14H2,1-3H3. The predicted octanol–water partition coefficient (Wildman–Crippen LogP) is 1.98. The fourth-order valence-electron chi connectivity index (χ4n) is 1.50. The van der Waals surface area contributed by atoms with Gasteiger partial charge in [-0.15, -0.1) is 0 Å². The molecule has 0 saturated heterocycles. The monoisotopic (exact) mass is 350 g/mol. The van der Waals surface area contributed by atoms with Gasteiger partial charge in [-0.05, 0) is 40.0 Å². The van der Waals surface area contributed by atoms with E-state index in [-0.39, 0.29) is 16.9 Å². The van der Waals surface area contributed by atoms with Crippen molar-refractivity contribution in [2.75, 3.05) is 19.5 Å². The summed E-state index contributed by atoms with van der Waals surface area (Å²) in [6.07, 6.45) is 0. The Kier molecular flexibility index (Phi) is 5.79. The minimum atomic E-state index is -3.60. The van der Waals surface area contributed by atoms with Crippen LogP contribution in [0.1, 0.15) is 13.8 Å². The third-order valence-electron chi connectivity index (χ3n) is 2.74. The van der Waals surface area contributed by atoms with E-state index in [1.54, 1.807) is 13.2 Å². The van der Waals surface area contributed by atoms with Crippen LogP contribution in [-0.4, -0.2) is 28.2 Å². The fourth-order valence-corrected chi connectivity index (χ4v) is 3.15. The predicted molar refractivity (Wildman–Crippen MR) is 79.4 cm³/mol. The van der Waals surface area contributed by atoms with Crippen molar-refractivity contribution in [2.24, 2.45) is 5.92 Å². The zero-order chi connectivity index (χ0) is 14.6. The van der Waals surface area contributed by atoms with Crippen LogP contribution in [0.4, 0.5) is 5.69 Å². The zero-order valence-electron chi connectivity index (χ0n) is 11.2. The van der Waals surface area contributed by atoms with E-state index in [1.165, 1.54) is 12.1 Å². The minimum Gasteiger partial charge on any atom is -0.398 e. The molecule has 1 rings (SSSR count). The number of nitrogens with two attached hydrogens (primary N) is 1. The summed E-state index contributed by atoms with van der Waals surface area (Å²) in [7, 11) is -2.05. The summed E-state index contributed by atoms with van der Waals surface area (Å²) in [6, 6.07) is 4.27. The minimum absolute atomic E-state index is 0.127. The van der Waals surface area contributed by atoms with Crippen LogP contribution in [0.2, 0.25) is 0 Å². The Labute approximate surface area is 122 Å². The second kappa shape index (κ2) is 6.69. The number of ether oxygens (including phenoxy) is 1. The number of rotatable bonds is 6. The van der Waals surface area contributed by atoms with E-state index in [0.29, 0.717) is 16.8 Å². The molecular weight excluding hydrogens is 332 g/mol. The quantitative estimate of drug-likeness (QED) is 0.768. The van der Waals surface area contributed by atoms with Gasteiger partial charge in [0, 0.05) is 23.3 Å². The normalized spacial score (nSPS) is 13.7. The second-order valence-corrected chi connectivity index (χ2v) is 7.18. The van der Waals surface area contributed by atoms with E-state index in [2.05, 4.69) is 20.7 Å². The molecule has 3 N–H and O–H groups in total. The number of hydrogen-bond donors (Lipinski definition) is 2. The molecule has 7 heteroatoms. The molecule has 0 bridgehead atoms. The highest BCUT2D eigenvalue weighted by atomic mass is 79.9. The number of nitrogen functional groups attached to an aromatic ring is 1. The van der Waals surface area contributed by atoms with Crippen molar-refractivity contribution in [1.82, 2.24) is 4.72 Å². The third-order valence-corrected chi connectivity index (χ3v) is 4.95.